The Morgan fingerprint density at radius 2 is 1.85 bits per heavy atom. The topological polar surface area (TPSA) is 90.5 Å². The van der Waals surface area contributed by atoms with Crippen LogP contribution in [0.4, 0.5) is 5.69 Å². The zero-order valence-corrected chi connectivity index (χ0v) is 21.8. The van der Waals surface area contributed by atoms with Crippen molar-refractivity contribution in [2.75, 3.05) is 18.0 Å². The van der Waals surface area contributed by atoms with Crippen LogP contribution in [0.25, 0.3) is 0 Å². The van der Waals surface area contributed by atoms with Gasteiger partial charge in [0.05, 0.1) is 5.92 Å². The lowest BCUT2D eigenvalue weighted by Gasteiger charge is -2.39. The Labute approximate surface area is 208 Å². The van der Waals surface area contributed by atoms with E-state index in [9.17, 15) is 14.4 Å². The van der Waals surface area contributed by atoms with Gasteiger partial charge >= 0.3 is 0 Å². The van der Waals surface area contributed by atoms with Gasteiger partial charge in [-0.25, -0.2) is 0 Å². The highest BCUT2D eigenvalue weighted by Gasteiger charge is 2.33. The van der Waals surface area contributed by atoms with Crippen LogP contribution in [0.3, 0.4) is 0 Å². The summed E-state index contributed by atoms with van der Waals surface area (Å²) >= 11 is 6.48. The maximum Gasteiger partial charge on any atom is 0.251 e. The third-order valence-corrected chi connectivity index (χ3v) is 7.62. The number of anilines is 1. The van der Waals surface area contributed by atoms with E-state index in [2.05, 4.69) is 34.7 Å². The molecule has 1 aromatic carbocycles. The average Bonchev–Trinajstić information content (AvgIpc) is 2.76. The minimum Gasteiger partial charge on any atom is -0.369 e. The molecule has 2 fully saturated rings. The van der Waals surface area contributed by atoms with E-state index >= 15 is 0 Å². The molecule has 3 N–H and O–H groups in total. The highest BCUT2D eigenvalue weighted by Crippen LogP contribution is 2.33. The fourth-order valence-corrected chi connectivity index (χ4v) is 5.84. The van der Waals surface area contributed by atoms with Gasteiger partial charge in [-0.15, -0.1) is 0 Å². The number of rotatable bonds is 7. The zero-order valence-electron chi connectivity index (χ0n) is 21.0. The molecule has 0 radical (unpaired) electrons. The lowest BCUT2D eigenvalue weighted by Crippen LogP contribution is -2.50. The first kappa shape index (κ1) is 26.3. The smallest absolute Gasteiger partial charge is 0.251 e. The summed E-state index contributed by atoms with van der Waals surface area (Å²) in [4.78, 5) is 39.3. The quantitative estimate of drug-likeness (QED) is 0.542. The van der Waals surface area contributed by atoms with E-state index in [-0.39, 0.29) is 41.6 Å². The average molecular weight is 491 g/mol. The Balaban J connectivity index is 1.72. The fraction of sp³-hybridized carbons (Fsp3) is 0.654. The normalized spacial score (nSPS) is 27.0. The summed E-state index contributed by atoms with van der Waals surface area (Å²) in [5.41, 5.74) is 2.41. The largest absolute Gasteiger partial charge is 0.369 e. The van der Waals surface area contributed by atoms with E-state index in [0.717, 1.165) is 49.9 Å². The Kier molecular flexibility index (Phi) is 8.85. The van der Waals surface area contributed by atoms with E-state index in [1.807, 2.05) is 19.9 Å². The van der Waals surface area contributed by atoms with E-state index in [1.54, 1.807) is 13.0 Å². The number of benzene rings is 1. The third kappa shape index (κ3) is 6.23. The van der Waals surface area contributed by atoms with Crippen molar-refractivity contribution in [2.45, 2.75) is 84.8 Å². The summed E-state index contributed by atoms with van der Waals surface area (Å²) < 4.78 is 0. The maximum atomic E-state index is 13.2. The van der Waals surface area contributed by atoms with Crippen molar-refractivity contribution in [3.63, 3.8) is 0 Å². The van der Waals surface area contributed by atoms with Gasteiger partial charge in [-0.2, -0.15) is 0 Å². The summed E-state index contributed by atoms with van der Waals surface area (Å²) in [6.07, 6.45) is 4.73. The van der Waals surface area contributed by atoms with Gasteiger partial charge in [-0.3, -0.25) is 14.4 Å². The van der Waals surface area contributed by atoms with Crippen molar-refractivity contribution < 1.29 is 14.4 Å². The predicted molar refractivity (Wildman–Crippen MR) is 136 cm³/mol. The molecule has 1 aliphatic carbocycles. The van der Waals surface area contributed by atoms with Gasteiger partial charge in [0.1, 0.15) is 0 Å². The fourth-order valence-electron chi connectivity index (χ4n) is 5.62. The maximum absolute atomic E-state index is 13.2. The summed E-state index contributed by atoms with van der Waals surface area (Å²) in [5.74, 6) is -0.201. The number of hydrogen-bond donors (Lipinski definition) is 3. The zero-order chi connectivity index (χ0) is 25.0. The number of piperidine rings is 1. The number of nitrogens with zero attached hydrogens (tertiary/aromatic N) is 1. The Bertz CT molecular complexity index is 914. The molecule has 3 atom stereocenters. The number of carbonyl (C=O) groups excluding carboxylic acids is 3. The highest BCUT2D eigenvalue weighted by atomic mass is 35.5. The molecule has 2 aliphatic rings. The SMILES string of the molecule is CCN(c1cc(Cl)cc(C(=O)NCC2C(=O)NC(C)CC2C)c1C)[C@H]1CC[C@H](NC(C)=O)CC1. The van der Waals surface area contributed by atoms with Gasteiger partial charge in [-0.05, 0) is 76.5 Å². The van der Waals surface area contributed by atoms with E-state index < -0.39 is 0 Å². The Hall–Kier alpha value is -2.28. The molecule has 0 aromatic heterocycles. The van der Waals surface area contributed by atoms with E-state index in [4.69, 9.17) is 11.6 Å². The van der Waals surface area contributed by atoms with Gasteiger partial charge in [-0.1, -0.05) is 18.5 Å². The molecule has 1 saturated heterocycles. The number of carbonyl (C=O) groups is 3. The van der Waals surface area contributed by atoms with Gasteiger partial charge in [0.25, 0.3) is 5.91 Å². The molecule has 3 amide bonds. The van der Waals surface area contributed by atoms with E-state index in [0.29, 0.717) is 23.2 Å². The molecule has 1 heterocycles. The van der Waals surface area contributed by atoms with Crippen LogP contribution in [0.5, 0.6) is 0 Å². The molecule has 188 valence electrons. The first-order valence-corrected chi connectivity index (χ1v) is 12.9. The molecule has 3 unspecified atom stereocenters. The van der Waals surface area contributed by atoms with Crippen LogP contribution in [0.1, 0.15) is 75.7 Å². The minimum absolute atomic E-state index is 0.00192. The van der Waals surface area contributed by atoms with Crippen molar-refractivity contribution in [3.8, 4) is 0 Å². The monoisotopic (exact) mass is 490 g/mol. The molecule has 0 spiro atoms. The molecule has 8 heteroatoms. The van der Waals surface area contributed by atoms with Gasteiger partial charge in [0.2, 0.25) is 11.8 Å². The van der Waals surface area contributed by atoms with Gasteiger partial charge < -0.3 is 20.9 Å². The molecule has 3 rings (SSSR count). The van der Waals surface area contributed by atoms with Crippen molar-refractivity contribution in [2.24, 2.45) is 11.8 Å². The second kappa shape index (κ2) is 11.4. The van der Waals surface area contributed by atoms with Crippen LogP contribution in [0, 0.1) is 18.8 Å². The van der Waals surface area contributed by atoms with Crippen molar-refractivity contribution in [3.05, 3.63) is 28.3 Å². The minimum atomic E-state index is -0.231. The second-order valence-corrected chi connectivity index (χ2v) is 10.5. The number of amides is 3. The molecule has 0 bridgehead atoms. The molecular weight excluding hydrogens is 452 g/mol. The first-order valence-electron chi connectivity index (χ1n) is 12.5. The lowest BCUT2D eigenvalue weighted by molar-refractivity contribution is -0.129. The Morgan fingerprint density at radius 3 is 2.44 bits per heavy atom. The van der Waals surface area contributed by atoms with Crippen LogP contribution in [-0.2, 0) is 9.59 Å². The highest BCUT2D eigenvalue weighted by molar-refractivity contribution is 6.31. The molecule has 1 aromatic rings. The molecule has 34 heavy (non-hydrogen) atoms. The second-order valence-electron chi connectivity index (χ2n) is 10.0. The number of nitrogens with one attached hydrogen (secondary N) is 3. The molecule has 1 aliphatic heterocycles. The van der Waals surface area contributed by atoms with Crippen LogP contribution in [0.2, 0.25) is 5.02 Å². The van der Waals surface area contributed by atoms with Gasteiger partial charge in [0.15, 0.2) is 0 Å². The third-order valence-electron chi connectivity index (χ3n) is 7.40. The van der Waals surface area contributed by atoms with Crippen LogP contribution < -0.4 is 20.9 Å². The van der Waals surface area contributed by atoms with Crippen LogP contribution in [-0.4, -0.2) is 48.9 Å². The predicted octanol–water partition coefficient (Wildman–Crippen LogP) is 3.81. The molecule has 7 nitrogen and oxygen atoms in total. The van der Waals surface area contributed by atoms with Crippen molar-refractivity contribution in [1.82, 2.24) is 16.0 Å². The van der Waals surface area contributed by atoms with E-state index in [1.165, 1.54) is 0 Å². The van der Waals surface area contributed by atoms with Crippen LogP contribution >= 0.6 is 11.6 Å². The first-order chi connectivity index (χ1) is 16.1. The summed E-state index contributed by atoms with van der Waals surface area (Å²) in [5, 5.41) is 9.52. The molecule has 1 saturated carbocycles. The number of halogens is 1. The van der Waals surface area contributed by atoms with Crippen molar-refractivity contribution >= 4 is 35.0 Å². The van der Waals surface area contributed by atoms with Crippen LogP contribution in [0.15, 0.2) is 12.1 Å². The number of hydrogen-bond acceptors (Lipinski definition) is 4. The summed E-state index contributed by atoms with van der Waals surface area (Å²) in [6, 6.07) is 4.38. The van der Waals surface area contributed by atoms with Crippen molar-refractivity contribution in [1.29, 1.82) is 0 Å². The summed E-state index contributed by atoms with van der Waals surface area (Å²) in [6.45, 7) is 10.8. The Morgan fingerprint density at radius 1 is 1.18 bits per heavy atom. The standard InChI is InChI=1S/C26H39ClN4O3/c1-6-31(21-9-7-20(8-10-21)30-18(5)32)24-13-19(27)12-22(17(24)4)25(33)28-14-23-15(2)11-16(3)29-26(23)34/h12-13,15-16,20-21,23H,6-11,14H2,1-5H3,(H,28,33)(H,29,34)(H,30,32)/t15?,16?,20-,21-,23?. The lowest BCUT2D eigenvalue weighted by atomic mass is 9.84. The van der Waals surface area contributed by atoms with Gasteiger partial charge in [0, 0.05) is 54.4 Å². The molecular formula is C26H39ClN4O3. The summed E-state index contributed by atoms with van der Waals surface area (Å²) in [7, 11) is 0.